The van der Waals surface area contributed by atoms with Gasteiger partial charge in [-0.2, -0.15) is 0 Å². The van der Waals surface area contributed by atoms with E-state index in [2.05, 4.69) is 221 Å². The third-order valence-electron chi connectivity index (χ3n) is 16.7. The first-order valence-corrected chi connectivity index (χ1v) is 33.2. The summed E-state index contributed by atoms with van der Waals surface area (Å²) in [6.07, 6.45) is 1.03. The van der Waals surface area contributed by atoms with Crippen LogP contribution < -0.4 is 0 Å². The van der Waals surface area contributed by atoms with Crippen LogP contribution in [0.1, 0.15) is 11.1 Å². The smallest absolute Gasteiger partial charge is 0.160 e. The second-order valence-electron chi connectivity index (χ2n) is 22.7. The second-order valence-corrected chi connectivity index (χ2v) is 25.7. The Hall–Kier alpha value is -11.1. The molecule has 93 heavy (non-hydrogen) atoms. The number of fused-ring (bicyclic) bond motifs is 8. The van der Waals surface area contributed by atoms with Crippen molar-refractivity contribution in [3.05, 3.63) is 331 Å². The lowest BCUT2D eigenvalue weighted by Gasteiger charge is -2.12. The highest BCUT2D eigenvalue weighted by atomic mass is 79.9. The van der Waals surface area contributed by atoms with Gasteiger partial charge in [0.2, 0.25) is 0 Å². The number of para-hydroxylation sites is 3. The first-order chi connectivity index (χ1) is 46.0. The average Bonchev–Trinajstić information content (AvgIpc) is 1.74. The molecule has 0 fully saturated rings. The van der Waals surface area contributed by atoms with Crippen molar-refractivity contribution in [3.63, 3.8) is 0 Å². The number of benzene rings is 12. The number of halogens is 1. The number of hydrogen-bond acceptors (Lipinski definition) is 8. The summed E-state index contributed by atoms with van der Waals surface area (Å²) in [7, 11) is 0. The van der Waals surface area contributed by atoms with Gasteiger partial charge in [0.05, 0.1) is 54.2 Å². The van der Waals surface area contributed by atoms with E-state index >= 15 is 0 Å². The number of nitrogens with zero attached hydrogens (tertiary/aromatic N) is 7. The Kier molecular flexibility index (Phi) is 15.5. The zero-order valence-corrected chi connectivity index (χ0v) is 53.3. The van der Waals surface area contributed by atoms with E-state index < -0.39 is 0 Å². The molecule has 0 spiro atoms. The van der Waals surface area contributed by atoms with E-state index in [-0.39, 0.29) is 0 Å². The largest absolute Gasteiger partial charge is 0.309 e. The van der Waals surface area contributed by atoms with E-state index in [0.717, 1.165) is 116 Å². The van der Waals surface area contributed by atoms with Gasteiger partial charge < -0.3 is 4.57 Å². The predicted octanol–water partition coefficient (Wildman–Crippen LogP) is 22.6. The molecule has 440 valence electrons. The molecule has 0 amide bonds. The molecule has 0 bridgehead atoms. The maximum absolute atomic E-state index is 5.09. The second kappa shape index (κ2) is 25.3. The van der Waals surface area contributed by atoms with Gasteiger partial charge in [0.1, 0.15) is 10.0 Å². The summed E-state index contributed by atoms with van der Waals surface area (Å²) in [5.41, 5.74) is 23.3. The van der Waals surface area contributed by atoms with Crippen molar-refractivity contribution in [3.8, 4) is 106 Å². The molecule has 7 nitrogen and oxygen atoms in total. The molecule has 17 aromatic rings. The Bertz CT molecular complexity index is 5390. The minimum absolute atomic E-state index is 0.708. The molecular weight excluding hydrogens is 1240 g/mol. The van der Waals surface area contributed by atoms with Gasteiger partial charge in [0.25, 0.3) is 0 Å². The van der Waals surface area contributed by atoms with Crippen LogP contribution in [0.25, 0.3) is 148 Å². The van der Waals surface area contributed by atoms with E-state index in [1.165, 1.54) is 48.0 Å². The molecule has 0 unspecified atom stereocenters. The Balaban J connectivity index is 0.000000122. The SMILES string of the molecule is Brc1cccc(-c2cc(-c3ccccc3)nc(-c3ccccc3)n2)c1.c1ccc(-c2cc(-c3cccc(-n4c5ccccc5c5ccc(-c6nc7ccccc7s6)cc54)c3)nc(-c3ccccc3)n2)cc1.c1ccc2c(c1)Cc1cc(-c3nc4ccccc4s3)ccc1-2. The summed E-state index contributed by atoms with van der Waals surface area (Å²) in [5, 5.41) is 4.57. The van der Waals surface area contributed by atoms with E-state index in [1.54, 1.807) is 22.7 Å². The van der Waals surface area contributed by atoms with Crippen molar-refractivity contribution in [2.24, 2.45) is 0 Å². The van der Waals surface area contributed by atoms with Crippen LogP contribution in [0.3, 0.4) is 0 Å². The Morgan fingerprint density at radius 3 is 1.33 bits per heavy atom. The molecule has 0 saturated heterocycles. The van der Waals surface area contributed by atoms with Crippen molar-refractivity contribution in [2.45, 2.75) is 6.42 Å². The zero-order valence-electron chi connectivity index (χ0n) is 50.1. The van der Waals surface area contributed by atoms with Crippen molar-refractivity contribution in [2.75, 3.05) is 0 Å². The maximum atomic E-state index is 5.09. The fraction of sp³-hybridized carbons (Fsp3) is 0.0120. The number of hydrogen-bond donors (Lipinski definition) is 0. The topological polar surface area (TPSA) is 82.3 Å². The molecule has 5 heterocycles. The highest BCUT2D eigenvalue weighted by molar-refractivity contribution is 9.10. The monoisotopic (exact) mass is 1290 g/mol. The highest BCUT2D eigenvalue weighted by Crippen LogP contribution is 2.42. The normalized spacial score (nSPS) is 11.5. The minimum Gasteiger partial charge on any atom is -0.309 e. The van der Waals surface area contributed by atoms with E-state index in [1.807, 2.05) is 115 Å². The van der Waals surface area contributed by atoms with Gasteiger partial charge in [-0.3, -0.25) is 0 Å². The summed E-state index contributed by atoms with van der Waals surface area (Å²) < 4.78 is 5.84. The van der Waals surface area contributed by atoms with E-state index in [9.17, 15) is 0 Å². The van der Waals surface area contributed by atoms with Crippen LogP contribution in [0.15, 0.2) is 320 Å². The van der Waals surface area contributed by atoms with Gasteiger partial charge in [0.15, 0.2) is 11.6 Å². The van der Waals surface area contributed by atoms with Crippen molar-refractivity contribution >= 4 is 80.8 Å². The predicted molar refractivity (Wildman–Crippen MR) is 391 cm³/mol. The van der Waals surface area contributed by atoms with Gasteiger partial charge in [-0.15, -0.1) is 22.7 Å². The molecule has 5 aromatic heterocycles. The lowest BCUT2D eigenvalue weighted by Crippen LogP contribution is -1.98. The fourth-order valence-electron chi connectivity index (χ4n) is 12.2. The van der Waals surface area contributed by atoms with E-state index in [4.69, 9.17) is 29.9 Å². The number of rotatable bonds is 9. The maximum Gasteiger partial charge on any atom is 0.160 e. The standard InChI is InChI=1S/C41H26N4S.C22H15BrN2.C20H13NS/c1-3-12-27(13-4-1)35-26-36(43-40(42-35)28-14-5-2-6-15-28)29-16-11-17-31(24-29)45-37-20-9-7-18-32(37)33-23-22-30(25-38(33)45)41-44-34-19-8-10-21-39(34)46-41;23-19-13-7-12-18(14-19)21-15-20(16-8-3-1-4-9-16)24-22(25-21)17-10-5-2-6-11-17;1-2-6-16-13(5-1)11-15-12-14(9-10-17(15)16)20-21-18-7-3-4-8-19(18)22-20/h1-26H;1-15H;1-10,12H,11H2. The van der Waals surface area contributed by atoms with E-state index in [0.29, 0.717) is 5.82 Å². The van der Waals surface area contributed by atoms with Crippen LogP contribution in [0.2, 0.25) is 0 Å². The molecule has 12 aromatic carbocycles. The van der Waals surface area contributed by atoms with Crippen molar-refractivity contribution in [1.29, 1.82) is 0 Å². The molecule has 18 rings (SSSR count). The van der Waals surface area contributed by atoms with Crippen LogP contribution in [0, 0.1) is 0 Å². The summed E-state index contributed by atoms with van der Waals surface area (Å²) >= 11 is 7.04. The van der Waals surface area contributed by atoms with Crippen LogP contribution in [0.4, 0.5) is 0 Å². The molecule has 0 atom stereocenters. The fourth-order valence-corrected chi connectivity index (χ4v) is 14.6. The summed E-state index contributed by atoms with van der Waals surface area (Å²) in [4.78, 5) is 29.4. The first-order valence-electron chi connectivity index (χ1n) is 30.8. The van der Waals surface area contributed by atoms with Crippen LogP contribution in [-0.2, 0) is 6.42 Å². The summed E-state index contributed by atoms with van der Waals surface area (Å²) in [6.45, 7) is 0. The zero-order chi connectivity index (χ0) is 62.0. The van der Waals surface area contributed by atoms with Gasteiger partial charge in [-0.25, -0.2) is 29.9 Å². The van der Waals surface area contributed by atoms with Gasteiger partial charge in [0, 0.05) is 65.4 Å². The molecule has 1 aliphatic rings. The molecule has 0 saturated carbocycles. The Morgan fingerprint density at radius 2 is 0.742 bits per heavy atom. The van der Waals surface area contributed by atoms with Crippen molar-refractivity contribution in [1.82, 2.24) is 34.5 Å². The van der Waals surface area contributed by atoms with Gasteiger partial charge in [-0.1, -0.05) is 253 Å². The highest BCUT2D eigenvalue weighted by Gasteiger charge is 2.21. The molecule has 0 aliphatic heterocycles. The third-order valence-corrected chi connectivity index (χ3v) is 19.4. The molecular formula is C83H54BrN7S2. The van der Waals surface area contributed by atoms with Gasteiger partial charge in [-0.05, 0) is 108 Å². The quantitative estimate of drug-likeness (QED) is 0.143. The Labute approximate surface area is 554 Å². The minimum atomic E-state index is 0.708. The number of aromatic nitrogens is 7. The van der Waals surface area contributed by atoms with Crippen LogP contribution in [-0.4, -0.2) is 34.5 Å². The molecule has 0 N–H and O–H groups in total. The van der Waals surface area contributed by atoms with Crippen LogP contribution >= 0.6 is 38.6 Å². The Morgan fingerprint density at radius 1 is 0.290 bits per heavy atom. The van der Waals surface area contributed by atoms with Crippen molar-refractivity contribution < 1.29 is 0 Å². The lowest BCUT2D eigenvalue weighted by atomic mass is 10.0. The molecule has 1 aliphatic carbocycles. The van der Waals surface area contributed by atoms with Gasteiger partial charge >= 0.3 is 0 Å². The molecule has 10 heteroatoms. The lowest BCUT2D eigenvalue weighted by molar-refractivity contribution is 1.16. The first kappa shape index (κ1) is 57.0. The molecule has 0 radical (unpaired) electrons. The summed E-state index contributed by atoms with van der Waals surface area (Å²) in [5.74, 6) is 1.44. The average molecular weight is 1290 g/mol. The summed E-state index contributed by atoms with van der Waals surface area (Å²) in [6, 6.07) is 109. The number of thiazole rings is 2. The van der Waals surface area contributed by atoms with Crippen LogP contribution in [0.5, 0.6) is 0 Å². The third kappa shape index (κ3) is 11.8.